The number of hydrogen-bond donors (Lipinski definition) is 1. The Morgan fingerprint density at radius 1 is 1.08 bits per heavy atom. The maximum atomic E-state index is 12.5. The number of thioether (sulfide) groups is 1. The molecule has 1 fully saturated rings. The summed E-state index contributed by atoms with van der Waals surface area (Å²) in [6.07, 6.45) is 1.64. The van der Waals surface area contributed by atoms with E-state index in [0.717, 1.165) is 27.9 Å². The Bertz CT molecular complexity index is 883. The number of halogens is 2. The third kappa shape index (κ3) is 3.84. The molecular weight excluding hydrogens is 379 g/mol. The van der Waals surface area contributed by atoms with E-state index in [0.29, 0.717) is 20.5 Å². The smallest absolute Gasteiger partial charge is 0.295 e. The van der Waals surface area contributed by atoms with Crippen LogP contribution in [0.3, 0.4) is 0 Å². The lowest BCUT2D eigenvalue weighted by Crippen LogP contribution is -2.33. The summed E-state index contributed by atoms with van der Waals surface area (Å²) in [5.74, 6) is -0.345. The van der Waals surface area contributed by atoms with E-state index in [9.17, 15) is 9.59 Å². The molecule has 3 rings (SSSR count). The van der Waals surface area contributed by atoms with Gasteiger partial charge < -0.3 is 5.32 Å². The van der Waals surface area contributed by atoms with Crippen molar-refractivity contribution in [2.75, 3.05) is 12.0 Å². The van der Waals surface area contributed by atoms with Gasteiger partial charge in [-0.2, -0.15) is 0 Å². The molecule has 2 aromatic rings. The Hall–Kier alpha value is -1.95. The Balaban J connectivity index is 1.76. The first-order valence-electron chi connectivity index (χ1n) is 7.46. The van der Waals surface area contributed by atoms with Gasteiger partial charge in [-0.05, 0) is 54.1 Å². The number of rotatable bonds is 4. The van der Waals surface area contributed by atoms with Crippen LogP contribution in [0.2, 0.25) is 10.0 Å². The van der Waals surface area contributed by atoms with E-state index in [1.54, 1.807) is 24.3 Å². The van der Waals surface area contributed by atoms with E-state index in [1.807, 2.05) is 31.2 Å². The van der Waals surface area contributed by atoms with Crippen molar-refractivity contribution in [1.82, 2.24) is 4.90 Å². The van der Waals surface area contributed by atoms with Crippen LogP contribution < -0.4 is 5.32 Å². The fourth-order valence-electron chi connectivity index (χ4n) is 2.33. The zero-order valence-corrected chi connectivity index (χ0v) is 15.6. The van der Waals surface area contributed by atoms with Crippen molar-refractivity contribution >= 4 is 57.9 Å². The molecule has 0 radical (unpaired) electrons. The molecule has 128 valence electrons. The number of carbonyl (C=O) groups excluding carboxylic acids is 2. The van der Waals surface area contributed by atoms with E-state index in [4.69, 9.17) is 23.2 Å². The second kappa shape index (κ2) is 7.52. The van der Waals surface area contributed by atoms with Crippen molar-refractivity contribution in [3.05, 3.63) is 68.5 Å². The van der Waals surface area contributed by atoms with Crippen LogP contribution >= 0.6 is 35.0 Å². The summed E-state index contributed by atoms with van der Waals surface area (Å²) >= 11 is 13.1. The summed E-state index contributed by atoms with van der Waals surface area (Å²) in [7, 11) is 0. The molecule has 0 atom stereocenters. The molecule has 0 aromatic heterocycles. The Morgan fingerprint density at radius 2 is 1.80 bits per heavy atom. The van der Waals surface area contributed by atoms with Gasteiger partial charge in [0.05, 0.1) is 11.6 Å². The van der Waals surface area contributed by atoms with Crippen LogP contribution in [-0.4, -0.2) is 22.7 Å². The Labute approximate surface area is 159 Å². The van der Waals surface area contributed by atoms with Crippen molar-refractivity contribution in [3.8, 4) is 0 Å². The van der Waals surface area contributed by atoms with Gasteiger partial charge in [0.25, 0.3) is 11.1 Å². The van der Waals surface area contributed by atoms with Crippen molar-refractivity contribution in [1.29, 1.82) is 0 Å². The van der Waals surface area contributed by atoms with Gasteiger partial charge in [0.2, 0.25) is 0 Å². The summed E-state index contributed by atoms with van der Waals surface area (Å²) in [6.45, 7) is 1.95. The van der Waals surface area contributed by atoms with Gasteiger partial charge in [-0.25, -0.2) is 0 Å². The molecule has 7 heteroatoms. The van der Waals surface area contributed by atoms with E-state index in [2.05, 4.69) is 5.32 Å². The zero-order valence-electron chi connectivity index (χ0n) is 13.3. The lowest BCUT2D eigenvalue weighted by molar-refractivity contribution is -0.122. The molecule has 0 bridgehead atoms. The standard InChI is InChI=1S/C18H14Cl2N2O2S/c1-11-13(19)7-4-8-15(11)21-10-22-17(23)16(25-18(22)24)9-12-5-2-3-6-14(12)20/h2-9,21H,10H2,1H3. The minimum absolute atomic E-state index is 0.0751. The molecule has 1 heterocycles. The fraction of sp³-hybridized carbons (Fsp3) is 0.111. The third-order valence-corrected chi connectivity index (χ3v) is 5.42. The molecule has 2 amide bonds. The molecular formula is C18H14Cl2N2O2S. The highest BCUT2D eigenvalue weighted by atomic mass is 35.5. The van der Waals surface area contributed by atoms with Gasteiger partial charge in [-0.15, -0.1) is 0 Å². The topological polar surface area (TPSA) is 49.4 Å². The van der Waals surface area contributed by atoms with Gasteiger partial charge in [-0.1, -0.05) is 47.5 Å². The van der Waals surface area contributed by atoms with Crippen molar-refractivity contribution < 1.29 is 9.59 Å². The van der Waals surface area contributed by atoms with Crippen LogP contribution in [0.25, 0.3) is 6.08 Å². The van der Waals surface area contributed by atoms with E-state index in [1.165, 1.54) is 0 Å². The molecule has 1 N–H and O–H groups in total. The molecule has 0 aliphatic carbocycles. The summed E-state index contributed by atoms with van der Waals surface area (Å²) in [5.41, 5.74) is 2.35. The minimum atomic E-state index is -0.345. The SMILES string of the molecule is Cc1c(Cl)cccc1NCN1C(=O)SC(=Cc2ccccc2Cl)C1=O. The van der Waals surface area contributed by atoms with Crippen LogP contribution in [0.5, 0.6) is 0 Å². The number of nitrogens with one attached hydrogen (secondary N) is 1. The van der Waals surface area contributed by atoms with E-state index in [-0.39, 0.29) is 17.8 Å². The van der Waals surface area contributed by atoms with Crippen LogP contribution in [0.1, 0.15) is 11.1 Å². The Kier molecular flexibility index (Phi) is 5.37. The highest BCUT2D eigenvalue weighted by molar-refractivity contribution is 8.18. The highest BCUT2D eigenvalue weighted by Gasteiger charge is 2.35. The monoisotopic (exact) mass is 392 g/mol. The maximum Gasteiger partial charge on any atom is 0.295 e. The lowest BCUT2D eigenvalue weighted by atomic mass is 10.2. The number of benzene rings is 2. The predicted octanol–water partition coefficient (Wildman–Crippen LogP) is 5.41. The minimum Gasteiger partial charge on any atom is -0.367 e. The van der Waals surface area contributed by atoms with Crippen LogP contribution in [0.15, 0.2) is 47.4 Å². The number of nitrogens with zero attached hydrogens (tertiary/aromatic N) is 1. The van der Waals surface area contributed by atoms with E-state index >= 15 is 0 Å². The molecule has 0 saturated carbocycles. The quantitative estimate of drug-likeness (QED) is 0.706. The van der Waals surface area contributed by atoms with Crippen LogP contribution in [0.4, 0.5) is 10.5 Å². The lowest BCUT2D eigenvalue weighted by Gasteiger charge is -2.16. The molecule has 0 unspecified atom stereocenters. The number of imide groups is 1. The van der Waals surface area contributed by atoms with Gasteiger partial charge in [0.15, 0.2) is 0 Å². The van der Waals surface area contributed by atoms with Gasteiger partial charge in [0.1, 0.15) is 0 Å². The number of amides is 2. The number of carbonyl (C=O) groups is 2. The zero-order chi connectivity index (χ0) is 18.0. The number of hydrogen-bond acceptors (Lipinski definition) is 4. The van der Waals surface area contributed by atoms with Gasteiger partial charge in [-0.3, -0.25) is 14.5 Å². The first-order chi connectivity index (χ1) is 12.0. The second-order valence-corrected chi connectivity index (χ2v) is 7.19. The predicted molar refractivity (Wildman–Crippen MR) is 104 cm³/mol. The maximum absolute atomic E-state index is 12.5. The van der Waals surface area contributed by atoms with Crippen molar-refractivity contribution in [2.24, 2.45) is 0 Å². The Morgan fingerprint density at radius 3 is 2.56 bits per heavy atom. The molecule has 4 nitrogen and oxygen atoms in total. The summed E-state index contributed by atoms with van der Waals surface area (Å²) < 4.78 is 0. The normalized spacial score (nSPS) is 16.0. The molecule has 1 aliphatic heterocycles. The number of anilines is 1. The van der Waals surface area contributed by atoms with Gasteiger partial charge >= 0.3 is 0 Å². The van der Waals surface area contributed by atoms with E-state index < -0.39 is 0 Å². The molecule has 2 aromatic carbocycles. The molecule has 25 heavy (non-hydrogen) atoms. The molecule has 1 aliphatic rings. The van der Waals surface area contributed by atoms with Gasteiger partial charge in [0, 0.05) is 15.7 Å². The first-order valence-corrected chi connectivity index (χ1v) is 9.03. The second-order valence-electron chi connectivity index (χ2n) is 5.38. The largest absolute Gasteiger partial charge is 0.367 e. The first kappa shape index (κ1) is 17.9. The molecule has 0 spiro atoms. The van der Waals surface area contributed by atoms with Crippen LogP contribution in [0, 0.1) is 6.92 Å². The summed E-state index contributed by atoms with van der Waals surface area (Å²) in [4.78, 5) is 26.2. The third-order valence-electron chi connectivity index (χ3n) is 3.76. The molecule has 1 saturated heterocycles. The fourth-order valence-corrected chi connectivity index (χ4v) is 3.53. The summed E-state index contributed by atoms with van der Waals surface area (Å²) in [5, 5.41) is 3.91. The highest BCUT2D eigenvalue weighted by Crippen LogP contribution is 2.33. The van der Waals surface area contributed by atoms with Crippen molar-refractivity contribution in [2.45, 2.75) is 6.92 Å². The summed E-state index contributed by atoms with van der Waals surface area (Å²) in [6, 6.07) is 12.6. The van der Waals surface area contributed by atoms with Crippen LogP contribution in [-0.2, 0) is 4.79 Å². The van der Waals surface area contributed by atoms with Crippen molar-refractivity contribution in [3.63, 3.8) is 0 Å². The average molecular weight is 393 g/mol. The average Bonchev–Trinajstić information content (AvgIpc) is 2.85.